The average molecular weight is 333 g/mol. The van der Waals surface area contributed by atoms with Crippen LogP contribution in [0, 0.1) is 0 Å². The number of nitrogens with zero attached hydrogens (tertiary/aromatic N) is 4. The maximum absolute atomic E-state index is 2.31. The van der Waals surface area contributed by atoms with Gasteiger partial charge in [0.05, 0.1) is 26.2 Å². The van der Waals surface area contributed by atoms with Gasteiger partial charge in [0.1, 0.15) is 24.8 Å². The predicted molar refractivity (Wildman–Crippen MR) is 97.5 cm³/mol. The van der Waals surface area contributed by atoms with Gasteiger partial charge in [-0.25, -0.2) is 18.3 Å². The van der Waals surface area contributed by atoms with Gasteiger partial charge in [0.2, 0.25) is 12.7 Å². The molecular formula is C20H36N4+2. The largest absolute Gasteiger partial charge is 0.243 e. The Morgan fingerprint density at radius 3 is 1.29 bits per heavy atom. The lowest BCUT2D eigenvalue weighted by Gasteiger charge is -2.01. The Morgan fingerprint density at radius 1 is 0.583 bits per heavy atom. The minimum atomic E-state index is 1.07. The van der Waals surface area contributed by atoms with E-state index in [0.29, 0.717) is 0 Å². The first-order valence-corrected chi connectivity index (χ1v) is 9.91. The molecule has 24 heavy (non-hydrogen) atoms. The van der Waals surface area contributed by atoms with E-state index < -0.39 is 0 Å². The zero-order valence-corrected chi connectivity index (χ0v) is 15.7. The zero-order chi connectivity index (χ0) is 17.0. The van der Waals surface area contributed by atoms with E-state index in [1.165, 1.54) is 64.5 Å². The van der Waals surface area contributed by atoms with Crippen molar-refractivity contribution >= 4 is 0 Å². The first-order chi connectivity index (χ1) is 11.8. The molecule has 134 valence electrons. The summed E-state index contributed by atoms with van der Waals surface area (Å²) in [6.45, 7) is 8.84. The zero-order valence-electron chi connectivity index (χ0n) is 15.7. The molecule has 0 aliphatic carbocycles. The summed E-state index contributed by atoms with van der Waals surface area (Å²) in [6.07, 6.45) is 24.1. The minimum Gasteiger partial charge on any atom is -0.237 e. The molecule has 0 saturated carbocycles. The van der Waals surface area contributed by atoms with Crippen molar-refractivity contribution < 1.29 is 9.13 Å². The summed E-state index contributed by atoms with van der Waals surface area (Å²) in [5, 5.41) is 0. The summed E-state index contributed by atoms with van der Waals surface area (Å²) in [5.41, 5.74) is 0. The van der Waals surface area contributed by atoms with Crippen LogP contribution >= 0.6 is 0 Å². The summed E-state index contributed by atoms with van der Waals surface area (Å²) in [5.74, 6) is 0. The highest BCUT2D eigenvalue weighted by molar-refractivity contribution is 4.65. The summed E-state index contributed by atoms with van der Waals surface area (Å²) in [4.78, 5) is 0. The monoisotopic (exact) mass is 332 g/mol. The average Bonchev–Trinajstić information content (AvgIpc) is 3.25. The number of aryl methyl sites for hydroxylation is 4. The Bertz CT molecular complexity index is 505. The van der Waals surface area contributed by atoms with Crippen LogP contribution in [0.4, 0.5) is 0 Å². The van der Waals surface area contributed by atoms with Gasteiger partial charge in [-0.05, 0) is 39.5 Å². The second-order valence-corrected chi connectivity index (χ2v) is 6.79. The maximum Gasteiger partial charge on any atom is 0.243 e. The third kappa shape index (κ3) is 6.90. The number of rotatable bonds is 13. The van der Waals surface area contributed by atoms with Crippen molar-refractivity contribution in [2.24, 2.45) is 0 Å². The van der Waals surface area contributed by atoms with Gasteiger partial charge in [0.25, 0.3) is 0 Å². The van der Waals surface area contributed by atoms with E-state index in [1.54, 1.807) is 0 Å². The highest BCUT2D eigenvalue weighted by atomic mass is 15.1. The molecule has 0 aromatic carbocycles. The first kappa shape index (κ1) is 18.8. The fraction of sp³-hybridized carbons (Fsp3) is 0.700. The number of imidazole rings is 2. The second kappa shape index (κ2) is 11.1. The Morgan fingerprint density at radius 2 is 0.958 bits per heavy atom. The fourth-order valence-electron chi connectivity index (χ4n) is 3.17. The molecule has 0 amide bonds. The molecule has 0 fully saturated rings. The van der Waals surface area contributed by atoms with Gasteiger partial charge in [0.15, 0.2) is 0 Å². The molecule has 0 unspecified atom stereocenters. The lowest BCUT2D eigenvalue weighted by atomic mass is 10.1. The van der Waals surface area contributed by atoms with Crippen LogP contribution in [0.25, 0.3) is 0 Å². The van der Waals surface area contributed by atoms with Crippen LogP contribution < -0.4 is 9.13 Å². The summed E-state index contributed by atoms with van der Waals surface area (Å²) in [6, 6.07) is 0. The standard InChI is InChI=1S/C20H36N4/c1-3-21-15-17-23(19-21)13-11-9-7-5-6-8-10-12-14-24-18-16-22(4-2)20-24/h15-20H,3-14H2,1-2H3/q+2. The summed E-state index contributed by atoms with van der Waals surface area (Å²) in [7, 11) is 0. The maximum atomic E-state index is 2.31. The highest BCUT2D eigenvalue weighted by Crippen LogP contribution is 2.08. The number of aromatic nitrogens is 4. The lowest BCUT2D eigenvalue weighted by Crippen LogP contribution is -2.30. The van der Waals surface area contributed by atoms with E-state index in [1.807, 2.05) is 0 Å². The van der Waals surface area contributed by atoms with Crippen molar-refractivity contribution in [1.29, 1.82) is 0 Å². The molecule has 4 nitrogen and oxygen atoms in total. The smallest absolute Gasteiger partial charge is 0.237 e. The molecule has 2 heterocycles. The van der Waals surface area contributed by atoms with E-state index in [-0.39, 0.29) is 0 Å². The van der Waals surface area contributed by atoms with Gasteiger partial charge < -0.3 is 0 Å². The topological polar surface area (TPSA) is 17.6 Å². The van der Waals surface area contributed by atoms with Crippen LogP contribution in [0.5, 0.6) is 0 Å². The van der Waals surface area contributed by atoms with Crippen LogP contribution in [0.1, 0.15) is 65.2 Å². The van der Waals surface area contributed by atoms with Crippen molar-refractivity contribution in [2.45, 2.75) is 91.4 Å². The molecule has 0 saturated heterocycles. The number of hydrogen-bond donors (Lipinski definition) is 0. The predicted octanol–water partition coefficient (Wildman–Crippen LogP) is 3.73. The molecule has 0 radical (unpaired) electrons. The first-order valence-electron chi connectivity index (χ1n) is 9.91. The van der Waals surface area contributed by atoms with E-state index in [4.69, 9.17) is 0 Å². The molecule has 0 aliphatic heterocycles. The van der Waals surface area contributed by atoms with Gasteiger partial charge in [0, 0.05) is 0 Å². The van der Waals surface area contributed by atoms with E-state index in [0.717, 1.165) is 13.1 Å². The van der Waals surface area contributed by atoms with Crippen LogP contribution in [0.15, 0.2) is 37.4 Å². The van der Waals surface area contributed by atoms with Gasteiger partial charge in [-0.3, -0.25) is 0 Å². The molecule has 2 rings (SSSR count). The second-order valence-electron chi connectivity index (χ2n) is 6.79. The SMILES string of the molecule is CCn1cc[n+](CCCCCCCCCC[n+]2ccn(CC)c2)c1. The summed E-state index contributed by atoms with van der Waals surface area (Å²) >= 11 is 0. The van der Waals surface area contributed by atoms with Gasteiger partial charge in [-0.2, -0.15) is 0 Å². The fourth-order valence-corrected chi connectivity index (χ4v) is 3.17. The van der Waals surface area contributed by atoms with E-state index in [2.05, 4.69) is 69.6 Å². The van der Waals surface area contributed by atoms with Gasteiger partial charge in [-0.15, -0.1) is 0 Å². The van der Waals surface area contributed by atoms with Crippen LogP contribution in [-0.4, -0.2) is 9.13 Å². The van der Waals surface area contributed by atoms with Crippen LogP contribution in [0.2, 0.25) is 0 Å². The molecule has 0 spiro atoms. The van der Waals surface area contributed by atoms with Crippen molar-refractivity contribution in [3.8, 4) is 0 Å². The van der Waals surface area contributed by atoms with Crippen LogP contribution in [-0.2, 0) is 26.2 Å². The third-order valence-corrected chi connectivity index (χ3v) is 4.81. The highest BCUT2D eigenvalue weighted by Gasteiger charge is 2.02. The normalized spacial score (nSPS) is 11.2. The van der Waals surface area contributed by atoms with Crippen LogP contribution in [0.3, 0.4) is 0 Å². The van der Waals surface area contributed by atoms with Crippen molar-refractivity contribution in [1.82, 2.24) is 9.13 Å². The van der Waals surface area contributed by atoms with Crippen molar-refractivity contribution in [3.63, 3.8) is 0 Å². The number of hydrogen-bond acceptors (Lipinski definition) is 0. The molecule has 0 N–H and O–H groups in total. The van der Waals surface area contributed by atoms with Crippen molar-refractivity contribution in [2.75, 3.05) is 0 Å². The number of unbranched alkanes of at least 4 members (excludes halogenated alkanes) is 7. The van der Waals surface area contributed by atoms with Gasteiger partial charge in [-0.1, -0.05) is 25.7 Å². The van der Waals surface area contributed by atoms with E-state index >= 15 is 0 Å². The molecule has 2 aromatic heterocycles. The Balaban J connectivity index is 1.39. The van der Waals surface area contributed by atoms with Gasteiger partial charge >= 0.3 is 0 Å². The Hall–Kier alpha value is -1.58. The summed E-state index contributed by atoms with van der Waals surface area (Å²) < 4.78 is 9.09. The lowest BCUT2D eigenvalue weighted by molar-refractivity contribution is -0.697. The molecular weight excluding hydrogens is 296 g/mol. The van der Waals surface area contributed by atoms with Crippen molar-refractivity contribution in [3.05, 3.63) is 37.4 Å². The Kier molecular flexibility index (Phi) is 8.64. The Labute approximate surface area is 147 Å². The molecule has 2 aromatic rings. The molecule has 4 heteroatoms. The molecule has 0 aliphatic rings. The quantitative estimate of drug-likeness (QED) is 0.393. The molecule has 0 atom stereocenters. The van der Waals surface area contributed by atoms with E-state index in [9.17, 15) is 0 Å². The third-order valence-electron chi connectivity index (χ3n) is 4.81. The minimum absolute atomic E-state index is 1.07. The molecule has 0 bridgehead atoms.